The number of nitrogens with zero attached hydrogens (tertiary/aromatic N) is 3. The smallest absolute Gasteiger partial charge is 0.267 e. The lowest BCUT2D eigenvalue weighted by Crippen LogP contribution is -2.27. The minimum atomic E-state index is -0.399. The van der Waals surface area contributed by atoms with Gasteiger partial charge >= 0.3 is 0 Å². The number of aryl methyl sites for hydroxylation is 1. The van der Waals surface area contributed by atoms with E-state index in [0.29, 0.717) is 10.8 Å². The number of hydrazone groups is 1. The highest BCUT2D eigenvalue weighted by atomic mass is 16.2. The zero-order valence-corrected chi connectivity index (χ0v) is 15.3. The van der Waals surface area contributed by atoms with E-state index in [9.17, 15) is 9.59 Å². The Kier molecular flexibility index (Phi) is 5.61. The number of rotatable bonds is 6. The summed E-state index contributed by atoms with van der Waals surface area (Å²) in [5.41, 5.74) is 4.80. The summed E-state index contributed by atoms with van der Waals surface area (Å²) in [6.45, 7) is 2.18. The van der Waals surface area contributed by atoms with Gasteiger partial charge in [-0.15, -0.1) is 0 Å². The molecule has 0 aliphatic heterocycles. The quantitative estimate of drug-likeness (QED) is 0.640. The third-order valence-electron chi connectivity index (χ3n) is 4.66. The zero-order chi connectivity index (χ0) is 18.5. The Balaban J connectivity index is 1.81. The molecular formula is C20H24N4O2. The lowest BCUT2D eigenvalue weighted by atomic mass is 10.1. The van der Waals surface area contributed by atoms with Crippen LogP contribution in [0, 0.1) is 0 Å². The first-order valence-electron chi connectivity index (χ1n) is 9.14. The monoisotopic (exact) mass is 352 g/mol. The predicted octanol–water partition coefficient (Wildman–Crippen LogP) is 3.32. The van der Waals surface area contributed by atoms with Crippen LogP contribution in [0.15, 0.2) is 45.8 Å². The van der Waals surface area contributed by atoms with Gasteiger partial charge < -0.3 is 0 Å². The van der Waals surface area contributed by atoms with E-state index in [-0.39, 0.29) is 11.3 Å². The fourth-order valence-corrected chi connectivity index (χ4v) is 3.24. The molecule has 26 heavy (non-hydrogen) atoms. The van der Waals surface area contributed by atoms with Crippen LogP contribution in [0.2, 0.25) is 0 Å². The van der Waals surface area contributed by atoms with Crippen molar-refractivity contribution in [1.82, 2.24) is 15.2 Å². The van der Waals surface area contributed by atoms with E-state index >= 15 is 0 Å². The molecule has 0 saturated heterocycles. The average Bonchev–Trinajstić information content (AvgIpc) is 3.10. The summed E-state index contributed by atoms with van der Waals surface area (Å²) in [6.07, 6.45) is 8.56. The van der Waals surface area contributed by atoms with Crippen molar-refractivity contribution < 1.29 is 4.79 Å². The van der Waals surface area contributed by atoms with Crippen LogP contribution >= 0.6 is 0 Å². The molecule has 6 nitrogen and oxygen atoms in total. The number of unbranched alkanes of at least 4 members (excludes halogenated alkanes) is 2. The molecule has 136 valence electrons. The van der Waals surface area contributed by atoms with Gasteiger partial charge in [0.15, 0.2) is 5.69 Å². The molecule has 1 amide bonds. The number of benzene rings is 1. The standard InChI is InChI=1S/C20H24N4O2/c1-3-4-5-9-14-10-8-13-17(14)21-22-19(25)18-15-11-6-7-12-16(15)20(26)24(2)23-18/h6-7,10-12H,3-5,8-9,13H2,1-2H3,(H,22,25)/b21-17+. The number of aromatic nitrogens is 2. The number of amides is 1. The summed E-state index contributed by atoms with van der Waals surface area (Å²) in [5.74, 6) is -0.399. The maximum absolute atomic E-state index is 12.6. The highest BCUT2D eigenvalue weighted by molar-refractivity contribution is 6.06. The minimum Gasteiger partial charge on any atom is -0.267 e. The van der Waals surface area contributed by atoms with Crippen molar-refractivity contribution in [3.05, 3.63) is 52.0 Å². The first-order valence-corrected chi connectivity index (χ1v) is 9.14. The maximum Gasteiger partial charge on any atom is 0.292 e. The lowest BCUT2D eigenvalue weighted by Gasteiger charge is -2.08. The molecule has 1 aromatic heterocycles. The highest BCUT2D eigenvalue weighted by Crippen LogP contribution is 2.21. The number of carbonyl (C=O) groups is 1. The summed E-state index contributed by atoms with van der Waals surface area (Å²) in [6, 6.07) is 7.00. The van der Waals surface area contributed by atoms with Crippen molar-refractivity contribution in [3.63, 3.8) is 0 Å². The fraction of sp³-hybridized carbons (Fsp3) is 0.400. The van der Waals surface area contributed by atoms with Gasteiger partial charge in [0.25, 0.3) is 11.5 Å². The van der Waals surface area contributed by atoms with Gasteiger partial charge in [-0.05, 0) is 37.3 Å². The van der Waals surface area contributed by atoms with E-state index in [4.69, 9.17) is 0 Å². The van der Waals surface area contributed by atoms with Crippen molar-refractivity contribution in [1.29, 1.82) is 0 Å². The molecular weight excluding hydrogens is 328 g/mol. The summed E-state index contributed by atoms with van der Waals surface area (Å²) in [5, 5.41) is 9.49. The Morgan fingerprint density at radius 1 is 1.27 bits per heavy atom. The molecule has 0 fully saturated rings. The van der Waals surface area contributed by atoms with Gasteiger partial charge in [-0.25, -0.2) is 10.1 Å². The first-order chi connectivity index (χ1) is 12.6. The highest BCUT2D eigenvalue weighted by Gasteiger charge is 2.17. The molecule has 1 heterocycles. The van der Waals surface area contributed by atoms with Crippen LogP contribution in [-0.2, 0) is 7.05 Å². The minimum absolute atomic E-state index is 0.210. The predicted molar refractivity (Wildman–Crippen MR) is 103 cm³/mol. The fourth-order valence-electron chi connectivity index (χ4n) is 3.24. The maximum atomic E-state index is 12.6. The Bertz CT molecular complexity index is 940. The Hall–Kier alpha value is -2.76. The zero-order valence-electron chi connectivity index (χ0n) is 15.3. The molecule has 0 radical (unpaired) electrons. The molecule has 0 atom stereocenters. The average molecular weight is 352 g/mol. The Morgan fingerprint density at radius 3 is 2.81 bits per heavy atom. The van der Waals surface area contributed by atoms with Crippen molar-refractivity contribution in [3.8, 4) is 0 Å². The van der Waals surface area contributed by atoms with E-state index in [1.807, 2.05) is 0 Å². The molecule has 3 rings (SSSR count). The lowest BCUT2D eigenvalue weighted by molar-refractivity contribution is 0.0949. The van der Waals surface area contributed by atoms with Crippen molar-refractivity contribution in [2.24, 2.45) is 12.1 Å². The van der Waals surface area contributed by atoms with Crippen molar-refractivity contribution >= 4 is 22.4 Å². The van der Waals surface area contributed by atoms with Gasteiger partial charge in [-0.1, -0.05) is 44.0 Å². The molecule has 1 aliphatic carbocycles. The molecule has 0 unspecified atom stereocenters. The summed E-state index contributed by atoms with van der Waals surface area (Å²) in [4.78, 5) is 24.8. The van der Waals surface area contributed by atoms with Gasteiger partial charge in [0.05, 0.1) is 11.1 Å². The van der Waals surface area contributed by atoms with Gasteiger partial charge in [-0.3, -0.25) is 9.59 Å². The first kappa shape index (κ1) is 18.0. The van der Waals surface area contributed by atoms with Crippen LogP contribution in [0.5, 0.6) is 0 Å². The topological polar surface area (TPSA) is 76.3 Å². The second-order valence-corrected chi connectivity index (χ2v) is 6.55. The second-order valence-electron chi connectivity index (χ2n) is 6.55. The largest absolute Gasteiger partial charge is 0.292 e. The molecule has 6 heteroatoms. The normalized spacial score (nSPS) is 15.5. The van der Waals surface area contributed by atoms with E-state index < -0.39 is 5.91 Å². The molecule has 0 bridgehead atoms. The van der Waals surface area contributed by atoms with Crippen LogP contribution in [0.25, 0.3) is 10.8 Å². The third-order valence-corrected chi connectivity index (χ3v) is 4.66. The van der Waals surface area contributed by atoms with E-state index in [0.717, 1.165) is 31.4 Å². The van der Waals surface area contributed by atoms with Crippen LogP contribution in [0.3, 0.4) is 0 Å². The molecule has 0 spiro atoms. The summed E-state index contributed by atoms with van der Waals surface area (Å²) in [7, 11) is 1.54. The number of carbonyl (C=O) groups excluding carboxylic acids is 1. The molecule has 1 aromatic carbocycles. The van der Waals surface area contributed by atoms with E-state index in [1.54, 1.807) is 31.3 Å². The number of fused-ring (bicyclic) bond motifs is 1. The van der Waals surface area contributed by atoms with E-state index in [2.05, 4.69) is 28.6 Å². The Morgan fingerprint density at radius 2 is 2.04 bits per heavy atom. The number of hydrogen-bond acceptors (Lipinski definition) is 4. The van der Waals surface area contributed by atoms with Crippen LogP contribution in [0.1, 0.15) is 55.9 Å². The van der Waals surface area contributed by atoms with Gasteiger partial charge in [0.2, 0.25) is 0 Å². The molecule has 0 saturated carbocycles. The van der Waals surface area contributed by atoms with E-state index in [1.165, 1.54) is 23.1 Å². The van der Waals surface area contributed by atoms with Gasteiger partial charge in [0.1, 0.15) is 0 Å². The summed E-state index contributed by atoms with van der Waals surface area (Å²) < 4.78 is 1.19. The van der Waals surface area contributed by atoms with Crippen LogP contribution in [0.4, 0.5) is 0 Å². The van der Waals surface area contributed by atoms with Crippen LogP contribution < -0.4 is 11.0 Å². The van der Waals surface area contributed by atoms with Crippen molar-refractivity contribution in [2.75, 3.05) is 0 Å². The van der Waals surface area contributed by atoms with Gasteiger partial charge in [-0.2, -0.15) is 10.2 Å². The second kappa shape index (κ2) is 8.08. The number of nitrogens with one attached hydrogen (secondary N) is 1. The molecule has 1 N–H and O–H groups in total. The number of hydrogen-bond donors (Lipinski definition) is 1. The molecule has 1 aliphatic rings. The SMILES string of the molecule is CCCCCC1=CCC/C1=N\NC(=O)c1nn(C)c(=O)c2ccccc12. The summed E-state index contributed by atoms with van der Waals surface area (Å²) >= 11 is 0. The van der Waals surface area contributed by atoms with Gasteiger partial charge in [0, 0.05) is 12.4 Å². The van der Waals surface area contributed by atoms with Crippen LogP contribution in [-0.4, -0.2) is 21.4 Å². The van der Waals surface area contributed by atoms with Crippen molar-refractivity contribution in [2.45, 2.75) is 45.4 Å². The third kappa shape index (κ3) is 3.74. The Labute approximate surface area is 152 Å². The molecule has 2 aromatic rings. The number of allylic oxidation sites excluding steroid dienone is 2.